The Balaban J connectivity index is 1.15. The largest absolute Gasteiger partial charge is 0.379 e. The van der Waals surface area contributed by atoms with E-state index in [9.17, 15) is 13.2 Å². The molecule has 3 aliphatic heterocycles. The summed E-state index contributed by atoms with van der Waals surface area (Å²) in [6, 6.07) is 9.71. The van der Waals surface area contributed by atoms with Gasteiger partial charge in [-0.15, -0.1) is 0 Å². The van der Waals surface area contributed by atoms with Gasteiger partial charge in [0.25, 0.3) is 16.1 Å². The summed E-state index contributed by atoms with van der Waals surface area (Å²) < 4.78 is 39.6. The maximum absolute atomic E-state index is 13.2. The molecule has 2 aromatic rings. The Bertz CT molecular complexity index is 1120. The van der Waals surface area contributed by atoms with Gasteiger partial charge < -0.3 is 14.2 Å². The van der Waals surface area contributed by atoms with Crippen LogP contribution in [0.3, 0.4) is 0 Å². The molecule has 1 aromatic heterocycles. The molecule has 0 spiro atoms. The van der Waals surface area contributed by atoms with Gasteiger partial charge >= 0.3 is 0 Å². The molecule has 0 atom stereocenters. The van der Waals surface area contributed by atoms with Gasteiger partial charge in [0.1, 0.15) is 0 Å². The van der Waals surface area contributed by atoms with Crippen LogP contribution in [0.2, 0.25) is 0 Å². The average Bonchev–Trinajstić information content (AvgIpc) is 3.41. The van der Waals surface area contributed by atoms with Crippen LogP contribution in [0, 0.1) is 5.92 Å². The Morgan fingerprint density at radius 3 is 2.26 bits per heavy atom. The minimum atomic E-state index is -3.48. The van der Waals surface area contributed by atoms with E-state index in [1.54, 1.807) is 0 Å². The van der Waals surface area contributed by atoms with Crippen molar-refractivity contribution < 1.29 is 22.5 Å². The standard InChI is InChI=1S/C24H33N5O5S/c1-24(23-25-21(34-26-23)19-5-3-2-4-6-19)9-13-27(14-10-24)22(30)20-7-11-28(12-8-20)35(31,32)29-15-17-33-18-16-29/h2-6,20H,7-18H2,1H3. The van der Waals surface area contributed by atoms with Crippen LogP contribution in [-0.4, -0.2) is 90.5 Å². The number of likely N-dealkylation sites (tertiary alicyclic amines) is 1. The first-order valence-electron chi connectivity index (χ1n) is 12.4. The number of nitrogens with zero attached hydrogens (tertiary/aromatic N) is 5. The van der Waals surface area contributed by atoms with Crippen molar-refractivity contribution in [2.24, 2.45) is 5.92 Å². The number of amides is 1. The second-order valence-electron chi connectivity index (χ2n) is 9.87. The van der Waals surface area contributed by atoms with Crippen LogP contribution in [0.4, 0.5) is 0 Å². The van der Waals surface area contributed by atoms with E-state index in [2.05, 4.69) is 17.1 Å². The van der Waals surface area contributed by atoms with E-state index in [-0.39, 0.29) is 17.2 Å². The molecule has 0 bridgehead atoms. The summed E-state index contributed by atoms with van der Waals surface area (Å²) in [5.74, 6) is 1.20. The van der Waals surface area contributed by atoms with Gasteiger partial charge in [-0.3, -0.25) is 4.79 Å². The number of carbonyl (C=O) groups excluding carboxylic acids is 1. The van der Waals surface area contributed by atoms with Crippen molar-refractivity contribution in [1.29, 1.82) is 0 Å². The van der Waals surface area contributed by atoms with Gasteiger partial charge in [-0.2, -0.15) is 22.0 Å². The SMILES string of the molecule is CC1(c2noc(-c3ccccc3)n2)CCN(C(=O)C2CCN(S(=O)(=O)N3CCOCC3)CC2)CC1. The maximum atomic E-state index is 13.2. The molecule has 10 nitrogen and oxygen atoms in total. The number of carbonyl (C=O) groups is 1. The van der Waals surface area contributed by atoms with E-state index < -0.39 is 10.2 Å². The first-order chi connectivity index (χ1) is 16.9. The number of piperidine rings is 2. The number of ether oxygens (including phenoxy) is 1. The number of rotatable bonds is 5. The molecule has 11 heteroatoms. The number of aromatic nitrogens is 2. The van der Waals surface area contributed by atoms with E-state index in [1.807, 2.05) is 35.2 Å². The third-order valence-corrected chi connectivity index (χ3v) is 9.63. The maximum Gasteiger partial charge on any atom is 0.282 e. The van der Waals surface area contributed by atoms with E-state index >= 15 is 0 Å². The van der Waals surface area contributed by atoms with Gasteiger partial charge in [0.05, 0.1) is 13.2 Å². The highest BCUT2D eigenvalue weighted by atomic mass is 32.2. The molecule has 5 rings (SSSR count). The Morgan fingerprint density at radius 2 is 1.60 bits per heavy atom. The second-order valence-corrected chi connectivity index (χ2v) is 11.8. The Labute approximate surface area is 206 Å². The van der Waals surface area contributed by atoms with Crippen molar-refractivity contribution in [2.45, 2.75) is 38.0 Å². The highest BCUT2D eigenvalue weighted by Crippen LogP contribution is 2.35. The van der Waals surface area contributed by atoms with Gasteiger partial charge in [-0.25, -0.2) is 0 Å². The lowest BCUT2D eigenvalue weighted by atomic mass is 9.79. The minimum absolute atomic E-state index is 0.133. The summed E-state index contributed by atoms with van der Waals surface area (Å²) in [5.41, 5.74) is 0.646. The molecular weight excluding hydrogens is 470 g/mol. The number of hydrogen-bond donors (Lipinski definition) is 0. The molecule has 0 saturated carbocycles. The Morgan fingerprint density at radius 1 is 0.971 bits per heavy atom. The monoisotopic (exact) mass is 503 g/mol. The van der Waals surface area contributed by atoms with E-state index in [1.165, 1.54) is 8.61 Å². The van der Waals surface area contributed by atoms with Gasteiger partial charge in [-0.1, -0.05) is 30.3 Å². The highest BCUT2D eigenvalue weighted by molar-refractivity contribution is 7.86. The van der Waals surface area contributed by atoms with Crippen LogP contribution in [0.5, 0.6) is 0 Å². The van der Waals surface area contributed by atoms with Crippen LogP contribution in [-0.2, 0) is 25.2 Å². The molecule has 1 aromatic carbocycles. The van der Waals surface area contributed by atoms with Crippen molar-refractivity contribution in [2.75, 3.05) is 52.5 Å². The number of morpholine rings is 1. The fraction of sp³-hybridized carbons (Fsp3) is 0.625. The summed E-state index contributed by atoms with van der Waals surface area (Å²) in [5, 5.41) is 4.25. The summed E-state index contributed by atoms with van der Waals surface area (Å²) in [6.07, 6.45) is 2.64. The summed E-state index contributed by atoms with van der Waals surface area (Å²) in [4.78, 5) is 19.8. The first-order valence-corrected chi connectivity index (χ1v) is 13.8. The van der Waals surface area contributed by atoms with E-state index in [4.69, 9.17) is 9.26 Å². The lowest BCUT2D eigenvalue weighted by Gasteiger charge is -2.40. The zero-order valence-electron chi connectivity index (χ0n) is 20.1. The molecule has 190 valence electrons. The van der Waals surface area contributed by atoms with Crippen LogP contribution in [0.1, 0.15) is 38.4 Å². The predicted molar refractivity (Wildman–Crippen MR) is 129 cm³/mol. The zero-order chi connectivity index (χ0) is 24.5. The fourth-order valence-electron chi connectivity index (χ4n) is 5.14. The van der Waals surface area contributed by atoms with Crippen LogP contribution < -0.4 is 0 Å². The van der Waals surface area contributed by atoms with Crippen LogP contribution in [0.15, 0.2) is 34.9 Å². The molecule has 1 amide bonds. The lowest BCUT2D eigenvalue weighted by molar-refractivity contribution is -0.138. The van der Waals surface area contributed by atoms with Crippen LogP contribution in [0.25, 0.3) is 11.5 Å². The topological polar surface area (TPSA) is 109 Å². The molecule has 0 N–H and O–H groups in total. The molecule has 3 saturated heterocycles. The Kier molecular flexibility index (Phi) is 6.93. The average molecular weight is 504 g/mol. The van der Waals surface area contributed by atoms with Crippen molar-refractivity contribution in [3.63, 3.8) is 0 Å². The van der Waals surface area contributed by atoms with Gasteiger partial charge in [0.15, 0.2) is 5.82 Å². The van der Waals surface area contributed by atoms with Gasteiger partial charge in [0.2, 0.25) is 5.91 Å². The predicted octanol–water partition coefficient (Wildman–Crippen LogP) is 1.91. The molecule has 0 aliphatic carbocycles. The molecule has 0 unspecified atom stereocenters. The van der Waals surface area contributed by atoms with Crippen molar-refractivity contribution in [3.8, 4) is 11.5 Å². The third kappa shape index (κ3) is 5.00. The van der Waals surface area contributed by atoms with E-state index in [0.29, 0.717) is 77.0 Å². The molecule has 0 radical (unpaired) electrons. The summed E-state index contributed by atoms with van der Waals surface area (Å²) in [6.45, 7) is 5.80. The molecule has 35 heavy (non-hydrogen) atoms. The molecule has 3 aliphatic rings. The molecule has 3 fully saturated rings. The lowest BCUT2D eigenvalue weighted by Crippen LogP contribution is -2.52. The Hall–Kier alpha value is -2.34. The minimum Gasteiger partial charge on any atom is -0.379 e. The summed E-state index contributed by atoms with van der Waals surface area (Å²) in [7, 11) is -3.48. The van der Waals surface area contributed by atoms with Gasteiger partial charge in [0, 0.05) is 56.2 Å². The van der Waals surface area contributed by atoms with Crippen molar-refractivity contribution in [1.82, 2.24) is 23.7 Å². The first kappa shape index (κ1) is 24.4. The van der Waals surface area contributed by atoms with Crippen molar-refractivity contribution in [3.05, 3.63) is 36.2 Å². The summed E-state index contributed by atoms with van der Waals surface area (Å²) >= 11 is 0. The van der Waals surface area contributed by atoms with Crippen LogP contribution >= 0.6 is 0 Å². The van der Waals surface area contributed by atoms with E-state index in [0.717, 1.165) is 18.4 Å². The van der Waals surface area contributed by atoms with Crippen molar-refractivity contribution >= 4 is 16.1 Å². The van der Waals surface area contributed by atoms with Gasteiger partial charge in [-0.05, 0) is 37.8 Å². The highest BCUT2D eigenvalue weighted by Gasteiger charge is 2.40. The number of benzene rings is 1. The third-order valence-electron chi connectivity index (χ3n) is 7.59. The quantitative estimate of drug-likeness (QED) is 0.613. The second kappa shape index (κ2) is 9.96. The molecular formula is C24H33N5O5S. The smallest absolute Gasteiger partial charge is 0.282 e. The normalized spacial score (nSPS) is 22.8. The zero-order valence-corrected chi connectivity index (χ0v) is 21.0. The molecule has 4 heterocycles. The fourth-order valence-corrected chi connectivity index (χ4v) is 6.75. The number of hydrogen-bond acceptors (Lipinski definition) is 7.